The maximum atomic E-state index is 11.1. The molecule has 9 heteroatoms. The Morgan fingerprint density at radius 3 is 1.67 bits per heavy atom. The van der Waals surface area contributed by atoms with Gasteiger partial charge in [0, 0.05) is 11.5 Å². The summed E-state index contributed by atoms with van der Waals surface area (Å²) in [4.78, 5) is 22.2. The van der Waals surface area contributed by atoms with E-state index in [1.807, 2.05) is 0 Å². The minimum Gasteiger partial charge on any atom is -0.320 e. The summed E-state index contributed by atoms with van der Waals surface area (Å²) in [5, 5.41) is -0.769. The number of rotatable bonds is 6. The summed E-state index contributed by atoms with van der Waals surface area (Å²) in [5.74, 6) is 0.452. The molecule has 0 saturated heterocycles. The molecule has 0 aromatic rings. The van der Waals surface area contributed by atoms with Gasteiger partial charge < -0.3 is 11.5 Å². The summed E-state index contributed by atoms with van der Waals surface area (Å²) in [6.07, 6.45) is 0. The van der Waals surface area contributed by atoms with Gasteiger partial charge in [-0.3, -0.25) is 9.59 Å². The van der Waals surface area contributed by atoms with E-state index in [9.17, 15) is 9.59 Å². The molecule has 88 valence electrons. The van der Waals surface area contributed by atoms with Crippen molar-refractivity contribution in [1.82, 2.24) is 0 Å². The lowest BCUT2D eigenvalue weighted by Crippen LogP contribution is -2.31. The standard InChI is InChI=1S/C6H12N2O3S4/c7-3(1-12)5(9)14-11-15-6(10)4(8)2-13/h3-4,12-13H,1-2,7-8H2. The fourth-order valence-corrected chi connectivity index (χ4v) is 2.02. The molecular weight excluding hydrogens is 276 g/mol. The zero-order valence-corrected chi connectivity index (χ0v) is 11.1. The first-order valence-electron chi connectivity index (χ1n) is 3.84. The van der Waals surface area contributed by atoms with Gasteiger partial charge in [-0.25, -0.2) is 3.63 Å². The number of carbonyl (C=O) groups excluding carboxylic acids is 2. The summed E-state index contributed by atoms with van der Waals surface area (Å²) in [7, 11) is 0. The van der Waals surface area contributed by atoms with Crippen LogP contribution in [0.5, 0.6) is 0 Å². The zero-order valence-electron chi connectivity index (χ0n) is 7.66. The zero-order chi connectivity index (χ0) is 11.8. The van der Waals surface area contributed by atoms with Crippen molar-refractivity contribution in [2.75, 3.05) is 11.5 Å². The Morgan fingerprint density at radius 1 is 1.07 bits per heavy atom. The minimum atomic E-state index is -0.701. The monoisotopic (exact) mass is 288 g/mol. The molecule has 4 N–H and O–H groups in total. The van der Waals surface area contributed by atoms with E-state index < -0.39 is 12.1 Å². The van der Waals surface area contributed by atoms with E-state index in [0.29, 0.717) is 24.1 Å². The summed E-state index contributed by atoms with van der Waals surface area (Å²) < 4.78 is 4.71. The molecule has 0 fully saturated rings. The van der Waals surface area contributed by atoms with Crippen LogP contribution in [0.25, 0.3) is 0 Å². The van der Waals surface area contributed by atoms with Crippen molar-refractivity contribution in [3.63, 3.8) is 0 Å². The van der Waals surface area contributed by atoms with Crippen molar-refractivity contribution in [2.45, 2.75) is 12.1 Å². The first-order chi connectivity index (χ1) is 7.02. The highest BCUT2D eigenvalue weighted by molar-refractivity contribution is 8.21. The first kappa shape index (κ1) is 15.6. The molecule has 0 amide bonds. The van der Waals surface area contributed by atoms with Crippen molar-refractivity contribution in [3.8, 4) is 0 Å². The van der Waals surface area contributed by atoms with Crippen molar-refractivity contribution in [3.05, 3.63) is 0 Å². The quantitative estimate of drug-likeness (QED) is 0.399. The Hall–Kier alpha value is 0.620. The Bertz CT molecular complexity index is 206. The van der Waals surface area contributed by atoms with E-state index in [1.165, 1.54) is 0 Å². The lowest BCUT2D eigenvalue weighted by Gasteiger charge is -2.06. The third kappa shape index (κ3) is 6.72. The molecular formula is C6H12N2O3S4. The van der Waals surface area contributed by atoms with E-state index in [2.05, 4.69) is 25.3 Å². The number of hydrogen-bond acceptors (Lipinski definition) is 9. The third-order valence-electron chi connectivity index (χ3n) is 1.23. The second kappa shape index (κ2) is 8.74. The molecule has 0 heterocycles. The SMILES string of the molecule is NC(CS)C(=O)SOSC(=O)C(N)CS. The fraction of sp³-hybridized carbons (Fsp3) is 0.667. The van der Waals surface area contributed by atoms with Gasteiger partial charge in [0.25, 0.3) is 0 Å². The van der Waals surface area contributed by atoms with Crippen LogP contribution in [0.1, 0.15) is 0 Å². The molecule has 0 spiro atoms. The summed E-state index contributed by atoms with van der Waals surface area (Å²) in [5.41, 5.74) is 10.7. The minimum absolute atomic E-state index is 0.226. The number of carbonyl (C=O) groups is 2. The van der Waals surface area contributed by atoms with Gasteiger partial charge in [-0.1, -0.05) is 0 Å². The summed E-state index contributed by atoms with van der Waals surface area (Å²) >= 11 is 8.72. The van der Waals surface area contributed by atoms with Gasteiger partial charge in [0.15, 0.2) is 0 Å². The number of nitrogens with two attached hydrogens (primary N) is 2. The molecule has 2 atom stereocenters. The van der Waals surface area contributed by atoms with Crippen LogP contribution >= 0.6 is 49.3 Å². The van der Waals surface area contributed by atoms with Crippen LogP contribution in [0, 0.1) is 0 Å². The lowest BCUT2D eigenvalue weighted by molar-refractivity contribution is -0.112. The van der Waals surface area contributed by atoms with E-state index in [1.54, 1.807) is 0 Å². The Kier molecular flexibility index (Phi) is 9.10. The van der Waals surface area contributed by atoms with Crippen molar-refractivity contribution >= 4 is 59.6 Å². The summed E-state index contributed by atoms with van der Waals surface area (Å²) in [6.45, 7) is 0. The highest BCUT2D eigenvalue weighted by atomic mass is 32.2. The average Bonchev–Trinajstić information content (AvgIpc) is 2.26. The van der Waals surface area contributed by atoms with E-state index in [4.69, 9.17) is 15.1 Å². The lowest BCUT2D eigenvalue weighted by atomic mass is 10.4. The second-order valence-corrected chi connectivity index (χ2v) is 4.86. The van der Waals surface area contributed by atoms with Gasteiger partial charge in [-0.2, -0.15) is 25.3 Å². The number of hydrogen-bond donors (Lipinski definition) is 4. The molecule has 5 nitrogen and oxygen atoms in total. The predicted molar refractivity (Wildman–Crippen MR) is 69.9 cm³/mol. The van der Waals surface area contributed by atoms with E-state index in [-0.39, 0.29) is 21.7 Å². The van der Waals surface area contributed by atoms with Crippen LogP contribution in [0.2, 0.25) is 0 Å². The van der Waals surface area contributed by atoms with Crippen LogP contribution in [0.4, 0.5) is 0 Å². The maximum Gasteiger partial charge on any atom is 0.234 e. The Labute approximate surface area is 108 Å². The van der Waals surface area contributed by atoms with Crippen LogP contribution in [0.15, 0.2) is 0 Å². The van der Waals surface area contributed by atoms with Crippen molar-refractivity contribution in [2.24, 2.45) is 11.5 Å². The Balaban J connectivity index is 3.70. The molecule has 0 bridgehead atoms. The van der Waals surface area contributed by atoms with Gasteiger partial charge in [-0.05, 0) is 0 Å². The molecule has 0 aliphatic heterocycles. The Morgan fingerprint density at radius 2 is 1.40 bits per heavy atom. The molecule has 0 aromatic heterocycles. The van der Waals surface area contributed by atoms with E-state index >= 15 is 0 Å². The van der Waals surface area contributed by atoms with Crippen LogP contribution in [-0.2, 0) is 13.2 Å². The molecule has 0 aliphatic rings. The van der Waals surface area contributed by atoms with E-state index in [0.717, 1.165) is 0 Å². The highest BCUT2D eigenvalue weighted by Crippen LogP contribution is 2.18. The van der Waals surface area contributed by atoms with Gasteiger partial charge in [-0.15, -0.1) is 0 Å². The number of thiol groups is 2. The second-order valence-electron chi connectivity index (χ2n) is 2.45. The van der Waals surface area contributed by atoms with Gasteiger partial charge >= 0.3 is 0 Å². The smallest absolute Gasteiger partial charge is 0.234 e. The van der Waals surface area contributed by atoms with Gasteiger partial charge in [0.05, 0.1) is 36.2 Å². The first-order valence-corrected chi connectivity index (χ1v) is 6.59. The third-order valence-corrected chi connectivity index (χ3v) is 3.50. The molecule has 2 unspecified atom stereocenters. The summed E-state index contributed by atoms with van der Waals surface area (Å²) in [6, 6.07) is -1.40. The molecule has 0 rings (SSSR count). The van der Waals surface area contributed by atoms with Gasteiger partial charge in [0.1, 0.15) is 0 Å². The van der Waals surface area contributed by atoms with Crippen LogP contribution in [-0.4, -0.2) is 33.8 Å². The largest absolute Gasteiger partial charge is 0.320 e. The van der Waals surface area contributed by atoms with Gasteiger partial charge in [0.2, 0.25) is 10.2 Å². The van der Waals surface area contributed by atoms with Crippen molar-refractivity contribution < 1.29 is 13.2 Å². The highest BCUT2D eigenvalue weighted by Gasteiger charge is 2.17. The predicted octanol–water partition coefficient (Wildman–Crippen LogP) is -0.133. The average molecular weight is 288 g/mol. The van der Waals surface area contributed by atoms with Crippen LogP contribution < -0.4 is 11.5 Å². The molecule has 0 saturated carbocycles. The maximum absolute atomic E-state index is 11.1. The van der Waals surface area contributed by atoms with Crippen molar-refractivity contribution in [1.29, 1.82) is 0 Å². The molecule has 0 aliphatic carbocycles. The molecule has 0 aromatic carbocycles. The molecule has 0 radical (unpaired) electrons. The molecule has 15 heavy (non-hydrogen) atoms. The topological polar surface area (TPSA) is 95.4 Å². The van der Waals surface area contributed by atoms with Crippen LogP contribution in [0.3, 0.4) is 0 Å². The fourth-order valence-electron chi connectivity index (χ4n) is 0.357. The normalized spacial score (nSPS) is 14.7.